The fourth-order valence-corrected chi connectivity index (χ4v) is 2.88. The molecule has 4 nitrogen and oxygen atoms in total. The van der Waals surface area contributed by atoms with Crippen molar-refractivity contribution in [1.82, 2.24) is 5.32 Å². The van der Waals surface area contributed by atoms with Gasteiger partial charge in [-0.1, -0.05) is 18.2 Å². The Bertz CT molecular complexity index is 503. The molecule has 0 bridgehead atoms. The molecule has 0 saturated carbocycles. The molecule has 1 aliphatic rings. The third kappa shape index (κ3) is 3.21. The molecule has 2 unspecified atom stereocenters. The van der Waals surface area contributed by atoms with Gasteiger partial charge in [0.1, 0.15) is 5.54 Å². The number of ether oxygens (including phenoxy) is 1. The average molecular weight is 290 g/mol. The lowest BCUT2D eigenvalue weighted by Crippen LogP contribution is -2.58. The summed E-state index contributed by atoms with van der Waals surface area (Å²) in [5.74, 6) is -0.192. The van der Waals surface area contributed by atoms with Crippen LogP contribution < -0.4 is 10.2 Å². The van der Waals surface area contributed by atoms with E-state index in [4.69, 9.17) is 4.74 Å². The normalized spacial score (nSPS) is 20.6. The molecule has 0 radical (unpaired) electrons. The molecular formula is C17H26N2O2. The Morgan fingerprint density at radius 1 is 1.48 bits per heavy atom. The van der Waals surface area contributed by atoms with Gasteiger partial charge in [-0.15, -0.1) is 0 Å². The van der Waals surface area contributed by atoms with Crippen LogP contribution in [0.4, 0.5) is 5.69 Å². The first-order valence-corrected chi connectivity index (χ1v) is 7.72. The Morgan fingerprint density at radius 3 is 2.86 bits per heavy atom. The minimum Gasteiger partial charge on any atom is -0.465 e. The first kappa shape index (κ1) is 15.8. The minimum atomic E-state index is -0.700. The second kappa shape index (κ2) is 6.48. The van der Waals surface area contributed by atoms with E-state index < -0.39 is 5.54 Å². The van der Waals surface area contributed by atoms with E-state index in [0.717, 1.165) is 12.8 Å². The van der Waals surface area contributed by atoms with Crippen LogP contribution in [0.5, 0.6) is 0 Å². The van der Waals surface area contributed by atoms with Crippen molar-refractivity contribution in [2.75, 3.05) is 25.1 Å². The van der Waals surface area contributed by atoms with Gasteiger partial charge in [0, 0.05) is 18.3 Å². The number of carbonyl (C=O) groups is 1. The number of likely N-dealkylation sites (N-methyl/N-ethyl adjacent to an activating group) is 1. The number of aryl methyl sites for hydroxylation is 1. The Balaban J connectivity index is 2.26. The van der Waals surface area contributed by atoms with Crippen LogP contribution in [0.1, 0.15) is 32.8 Å². The van der Waals surface area contributed by atoms with Crippen molar-refractivity contribution in [2.24, 2.45) is 0 Å². The number of esters is 1. The van der Waals surface area contributed by atoms with Gasteiger partial charge in [-0.2, -0.15) is 0 Å². The van der Waals surface area contributed by atoms with E-state index in [1.54, 1.807) is 0 Å². The van der Waals surface area contributed by atoms with Crippen molar-refractivity contribution in [1.29, 1.82) is 0 Å². The van der Waals surface area contributed by atoms with Crippen molar-refractivity contribution in [2.45, 2.75) is 45.2 Å². The molecule has 4 heteroatoms. The Kier molecular flexibility index (Phi) is 4.88. The molecule has 1 N–H and O–H groups in total. The Morgan fingerprint density at radius 2 is 2.19 bits per heavy atom. The summed E-state index contributed by atoms with van der Waals surface area (Å²) in [5.41, 5.74) is 1.90. The Labute approximate surface area is 127 Å². The van der Waals surface area contributed by atoms with Crippen LogP contribution in [0, 0.1) is 0 Å². The van der Waals surface area contributed by atoms with Gasteiger partial charge in [0.05, 0.1) is 6.61 Å². The summed E-state index contributed by atoms with van der Waals surface area (Å²) in [6, 6.07) is 8.88. The van der Waals surface area contributed by atoms with Crippen LogP contribution in [0.25, 0.3) is 0 Å². The monoisotopic (exact) mass is 290 g/mol. The van der Waals surface area contributed by atoms with E-state index in [0.29, 0.717) is 19.2 Å². The predicted molar refractivity (Wildman–Crippen MR) is 85.7 cm³/mol. The molecule has 21 heavy (non-hydrogen) atoms. The topological polar surface area (TPSA) is 41.6 Å². The number of benzene rings is 1. The van der Waals surface area contributed by atoms with Crippen molar-refractivity contribution < 1.29 is 9.53 Å². The molecule has 2 rings (SSSR count). The molecule has 1 aromatic rings. The fraction of sp³-hybridized carbons (Fsp3) is 0.588. The van der Waals surface area contributed by atoms with Gasteiger partial charge in [-0.05, 0) is 52.3 Å². The number of anilines is 1. The van der Waals surface area contributed by atoms with Gasteiger partial charge in [0.15, 0.2) is 0 Å². The number of hydrogen-bond donors (Lipinski definition) is 1. The molecule has 1 aromatic carbocycles. The second-order valence-electron chi connectivity index (χ2n) is 5.95. The van der Waals surface area contributed by atoms with Crippen molar-refractivity contribution in [3.63, 3.8) is 0 Å². The summed E-state index contributed by atoms with van der Waals surface area (Å²) in [6.45, 7) is 6.99. The molecule has 1 heterocycles. The molecular weight excluding hydrogens is 264 g/mol. The Hall–Kier alpha value is -1.55. The van der Waals surface area contributed by atoms with Gasteiger partial charge in [-0.25, -0.2) is 4.79 Å². The fourth-order valence-electron chi connectivity index (χ4n) is 2.88. The molecule has 0 fully saturated rings. The van der Waals surface area contributed by atoms with Crippen LogP contribution in [-0.4, -0.2) is 37.7 Å². The standard InChI is InChI=1S/C17H26N2O2/c1-5-21-16(20)17(3,18-4)12-19-13(2)10-11-14-8-6-7-9-15(14)19/h6-9,13,18H,5,10-12H2,1-4H3. The smallest absolute Gasteiger partial charge is 0.327 e. The molecule has 0 aromatic heterocycles. The number of para-hydroxylation sites is 1. The zero-order valence-electron chi connectivity index (χ0n) is 13.5. The summed E-state index contributed by atoms with van der Waals surface area (Å²) in [6.07, 6.45) is 2.21. The first-order valence-electron chi connectivity index (χ1n) is 7.72. The summed E-state index contributed by atoms with van der Waals surface area (Å²) in [7, 11) is 1.82. The number of nitrogens with one attached hydrogen (secondary N) is 1. The lowest BCUT2D eigenvalue weighted by atomic mass is 9.93. The maximum atomic E-state index is 12.3. The number of carbonyl (C=O) groups excluding carboxylic acids is 1. The van der Waals surface area contributed by atoms with Gasteiger partial charge in [0.2, 0.25) is 0 Å². The number of rotatable bonds is 5. The van der Waals surface area contributed by atoms with E-state index in [-0.39, 0.29) is 5.97 Å². The summed E-state index contributed by atoms with van der Waals surface area (Å²) in [4.78, 5) is 14.6. The van der Waals surface area contributed by atoms with Crippen molar-refractivity contribution in [3.8, 4) is 0 Å². The van der Waals surface area contributed by atoms with Crippen LogP contribution in [0.15, 0.2) is 24.3 Å². The number of fused-ring (bicyclic) bond motifs is 1. The highest BCUT2D eigenvalue weighted by molar-refractivity contribution is 5.81. The maximum Gasteiger partial charge on any atom is 0.327 e. The van der Waals surface area contributed by atoms with Crippen molar-refractivity contribution >= 4 is 11.7 Å². The lowest BCUT2D eigenvalue weighted by molar-refractivity contribution is -0.149. The maximum absolute atomic E-state index is 12.3. The zero-order valence-corrected chi connectivity index (χ0v) is 13.5. The SMILES string of the molecule is CCOC(=O)C(C)(CN1c2ccccc2CCC1C)NC. The molecule has 0 amide bonds. The van der Waals surface area contributed by atoms with Gasteiger partial charge < -0.3 is 15.0 Å². The lowest BCUT2D eigenvalue weighted by Gasteiger charge is -2.42. The highest BCUT2D eigenvalue weighted by Crippen LogP contribution is 2.31. The molecule has 0 spiro atoms. The van der Waals surface area contributed by atoms with E-state index in [1.165, 1.54) is 11.3 Å². The van der Waals surface area contributed by atoms with Crippen LogP contribution in [-0.2, 0) is 16.0 Å². The third-order valence-corrected chi connectivity index (χ3v) is 4.43. The summed E-state index contributed by atoms with van der Waals surface area (Å²) < 4.78 is 5.23. The first-order chi connectivity index (χ1) is 10.0. The molecule has 1 aliphatic heterocycles. The minimum absolute atomic E-state index is 0.192. The molecule has 116 valence electrons. The molecule has 2 atom stereocenters. The third-order valence-electron chi connectivity index (χ3n) is 4.43. The van der Waals surface area contributed by atoms with E-state index in [2.05, 4.69) is 41.4 Å². The van der Waals surface area contributed by atoms with Crippen molar-refractivity contribution in [3.05, 3.63) is 29.8 Å². The second-order valence-corrected chi connectivity index (χ2v) is 5.95. The molecule has 0 saturated heterocycles. The van der Waals surface area contributed by atoms with Gasteiger partial charge in [-0.3, -0.25) is 0 Å². The quantitative estimate of drug-likeness (QED) is 0.845. The molecule has 0 aliphatic carbocycles. The van der Waals surface area contributed by atoms with Gasteiger partial charge >= 0.3 is 5.97 Å². The van der Waals surface area contributed by atoms with E-state index in [1.807, 2.05) is 20.9 Å². The van der Waals surface area contributed by atoms with E-state index >= 15 is 0 Å². The van der Waals surface area contributed by atoms with Crippen LogP contribution in [0.3, 0.4) is 0 Å². The van der Waals surface area contributed by atoms with E-state index in [9.17, 15) is 4.79 Å². The predicted octanol–water partition coefficient (Wildman–Crippen LogP) is 2.37. The highest BCUT2D eigenvalue weighted by atomic mass is 16.5. The number of nitrogens with zero attached hydrogens (tertiary/aromatic N) is 1. The van der Waals surface area contributed by atoms with Crippen LogP contribution >= 0.6 is 0 Å². The largest absolute Gasteiger partial charge is 0.465 e. The van der Waals surface area contributed by atoms with Crippen LogP contribution in [0.2, 0.25) is 0 Å². The van der Waals surface area contributed by atoms with Gasteiger partial charge in [0.25, 0.3) is 0 Å². The summed E-state index contributed by atoms with van der Waals surface area (Å²) >= 11 is 0. The summed E-state index contributed by atoms with van der Waals surface area (Å²) in [5, 5.41) is 3.15. The zero-order chi connectivity index (χ0) is 15.5. The average Bonchev–Trinajstić information content (AvgIpc) is 2.50. The number of hydrogen-bond acceptors (Lipinski definition) is 4. The highest BCUT2D eigenvalue weighted by Gasteiger charge is 2.37.